The molecule has 0 heterocycles. The van der Waals surface area contributed by atoms with Gasteiger partial charge in [-0.15, -0.1) is 0 Å². The van der Waals surface area contributed by atoms with E-state index in [1.807, 2.05) is 0 Å². The highest BCUT2D eigenvalue weighted by Crippen LogP contribution is 2.32. The third kappa shape index (κ3) is 2.90. The van der Waals surface area contributed by atoms with Crippen LogP contribution in [0.25, 0.3) is 0 Å². The first-order valence-corrected chi connectivity index (χ1v) is 5.48. The summed E-state index contributed by atoms with van der Waals surface area (Å²) in [5.74, 6) is 0.808. The first-order valence-electron chi connectivity index (χ1n) is 5.11. The number of halogens is 3. The van der Waals surface area contributed by atoms with E-state index < -0.39 is 6.43 Å². The average molecular weight is 271 g/mol. The topological polar surface area (TPSA) is 29.5 Å². The van der Waals surface area contributed by atoms with Crippen molar-refractivity contribution in [1.82, 2.24) is 0 Å². The molecule has 94 valence electrons. The minimum atomic E-state index is -2.65. The van der Waals surface area contributed by atoms with E-state index in [4.69, 9.17) is 21.4 Å². The van der Waals surface area contributed by atoms with Gasteiger partial charge in [0.15, 0.2) is 0 Å². The van der Waals surface area contributed by atoms with E-state index in [1.165, 1.54) is 42.5 Å². The third-order valence-electron chi connectivity index (χ3n) is 2.27. The first-order chi connectivity index (χ1) is 8.56. The molecular formula is C13H9ClF2O2. The van der Waals surface area contributed by atoms with Gasteiger partial charge in [-0.1, -0.05) is 11.6 Å². The van der Waals surface area contributed by atoms with Gasteiger partial charge < -0.3 is 9.84 Å². The van der Waals surface area contributed by atoms with Crippen LogP contribution < -0.4 is 4.74 Å². The van der Waals surface area contributed by atoms with Crippen LogP contribution >= 0.6 is 11.6 Å². The van der Waals surface area contributed by atoms with E-state index in [0.717, 1.165) is 0 Å². The molecule has 0 aliphatic heterocycles. The Labute approximate surface area is 107 Å². The molecule has 2 aromatic rings. The Morgan fingerprint density at radius 3 is 2.22 bits per heavy atom. The quantitative estimate of drug-likeness (QED) is 0.870. The van der Waals surface area contributed by atoms with Crippen molar-refractivity contribution in [3.63, 3.8) is 0 Å². The zero-order valence-electron chi connectivity index (χ0n) is 9.11. The summed E-state index contributed by atoms with van der Waals surface area (Å²) >= 11 is 5.65. The Bertz CT molecular complexity index is 541. The Kier molecular flexibility index (Phi) is 3.67. The molecule has 0 atom stereocenters. The summed E-state index contributed by atoms with van der Waals surface area (Å²) in [5, 5.41) is 9.11. The van der Waals surface area contributed by atoms with Gasteiger partial charge in [0.2, 0.25) is 0 Å². The second-order valence-electron chi connectivity index (χ2n) is 3.58. The van der Waals surface area contributed by atoms with Crippen LogP contribution in [0.15, 0.2) is 42.5 Å². The maximum Gasteiger partial charge on any atom is 0.265 e. The molecule has 0 bridgehead atoms. The lowest BCUT2D eigenvalue weighted by atomic mass is 10.2. The second-order valence-corrected chi connectivity index (χ2v) is 3.99. The van der Waals surface area contributed by atoms with Gasteiger partial charge >= 0.3 is 0 Å². The fraction of sp³-hybridized carbons (Fsp3) is 0.0769. The fourth-order valence-corrected chi connectivity index (χ4v) is 1.60. The van der Waals surface area contributed by atoms with Gasteiger partial charge in [-0.25, -0.2) is 8.78 Å². The molecule has 0 saturated carbocycles. The lowest BCUT2D eigenvalue weighted by Crippen LogP contribution is -1.89. The van der Waals surface area contributed by atoms with Gasteiger partial charge in [0.1, 0.15) is 17.2 Å². The number of alkyl halides is 2. The molecule has 0 spiro atoms. The summed E-state index contributed by atoms with van der Waals surface area (Å²) in [7, 11) is 0. The van der Waals surface area contributed by atoms with Gasteiger partial charge in [0, 0.05) is 10.6 Å². The monoisotopic (exact) mass is 270 g/mol. The van der Waals surface area contributed by atoms with Gasteiger partial charge in [-0.2, -0.15) is 0 Å². The standard InChI is InChI=1S/C13H9ClF2O2/c14-12-6-5-10(7-11(12)13(15)16)18-9-3-1-8(17)2-4-9/h1-7,13,17H. The lowest BCUT2D eigenvalue weighted by molar-refractivity contribution is 0.151. The van der Waals surface area contributed by atoms with Crippen LogP contribution in [0.4, 0.5) is 8.78 Å². The molecule has 0 radical (unpaired) electrons. The SMILES string of the molecule is Oc1ccc(Oc2ccc(Cl)c(C(F)F)c2)cc1. The van der Waals surface area contributed by atoms with E-state index in [2.05, 4.69) is 0 Å². The third-order valence-corrected chi connectivity index (χ3v) is 2.62. The molecule has 0 aromatic heterocycles. The predicted molar refractivity (Wildman–Crippen MR) is 64.6 cm³/mol. The molecule has 5 heteroatoms. The fourth-order valence-electron chi connectivity index (χ4n) is 1.40. The number of ether oxygens (including phenoxy) is 1. The maximum absolute atomic E-state index is 12.6. The Morgan fingerprint density at radius 2 is 1.61 bits per heavy atom. The van der Waals surface area contributed by atoms with E-state index in [-0.39, 0.29) is 22.1 Å². The van der Waals surface area contributed by atoms with Crippen molar-refractivity contribution in [2.24, 2.45) is 0 Å². The highest BCUT2D eigenvalue weighted by atomic mass is 35.5. The van der Waals surface area contributed by atoms with Crippen molar-refractivity contribution in [3.05, 3.63) is 53.1 Å². The van der Waals surface area contributed by atoms with E-state index in [0.29, 0.717) is 5.75 Å². The Balaban J connectivity index is 2.24. The molecule has 2 aromatic carbocycles. The van der Waals surface area contributed by atoms with Crippen LogP contribution in [0, 0.1) is 0 Å². The lowest BCUT2D eigenvalue weighted by Gasteiger charge is -2.08. The summed E-state index contributed by atoms with van der Waals surface area (Å²) in [6, 6.07) is 10.0. The highest BCUT2D eigenvalue weighted by Gasteiger charge is 2.13. The number of rotatable bonds is 3. The number of phenols is 1. The molecular weight excluding hydrogens is 262 g/mol. The molecule has 0 unspecified atom stereocenters. The number of aromatic hydroxyl groups is 1. The molecule has 0 aliphatic rings. The Hall–Kier alpha value is -1.81. The first kappa shape index (κ1) is 12.6. The van der Waals surface area contributed by atoms with Crippen molar-refractivity contribution < 1.29 is 18.6 Å². The van der Waals surface area contributed by atoms with Gasteiger partial charge in [0.05, 0.1) is 0 Å². The summed E-state index contributed by atoms with van der Waals surface area (Å²) in [6.45, 7) is 0. The van der Waals surface area contributed by atoms with Crippen molar-refractivity contribution >= 4 is 11.6 Å². The van der Waals surface area contributed by atoms with Crippen molar-refractivity contribution in [3.8, 4) is 17.2 Å². The van der Waals surface area contributed by atoms with Crippen LogP contribution in [0.3, 0.4) is 0 Å². The summed E-state index contributed by atoms with van der Waals surface area (Å²) in [6.07, 6.45) is -2.65. The van der Waals surface area contributed by atoms with Gasteiger partial charge in [-0.3, -0.25) is 0 Å². The summed E-state index contributed by atoms with van der Waals surface area (Å²) in [4.78, 5) is 0. The normalized spacial score (nSPS) is 10.7. The molecule has 0 fully saturated rings. The minimum absolute atomic E-state index is 0.00283. The average Bonchev–Trinajstić information content (AvgIpc) is 2.34. The number of phenolic OH excluding ortho intramolecular Hbond substituents is 1. The predicted octanol–water partition coefficient (Wildman–Crippen LogP) is 4.78. The molecule has 2 nitrogen and oxygen atoms in total. The van der Waals surface area contributed by atoms with E-state index in [9.17, 15) is 8.78 Å². The van der Waals surface area contributed by atoms with Gasteiger partial charge in [-0.05, 0) is 42.5 Å². The van der Waals surface area contributed by atoms with Crippen LogP contribution in [0.5, 0.6) is 17.2 Å². The summed E-state index contributed by atoms with van der Waals surface area (Å²) in [5.41, 5.74) is -0.270. The molecule has 1 N–H and O–H groups in total. The molecule has 2 rings (SSSR count). The minimum Gasteiger partial charge on any atom is -0.508 e. The number of hydrogen-bond acceptors (Lipinski definition) is 2. The van der Waals surface area contributed by atoms with Gasteiger partial charge in [0.25, 0.3) is 6.43 Å². The molecule has 0 saturated heterocycles. The number of hydrogen-bond donors (Lipinski definition) is 1. The smallest absolute Gasteiger partial charge is 0.265 e. The maximum atomic E-state index is 12.6. The largest absolute Gasteiger partial charge is 0.508 e. The van der Waals surface area contributed by atoms with Crippen LogP contribution in [-0.4, -0.2) is 5.11 Å². The Morgan fingerprint density at radius 1 is 1.00 bits per heavy atom. The zero-order chi connectivity index (χ0) is 13.1. The van der Waals surface area contributed by atoms with Crippen molar-refractivity contribution in [2.45, 2.75) is 6.43 Å². The van der Waals surface area contributed by atoms with E-state index in [1.54, 1.807) is 0 Å². The molecule has 0 aliphatic carbocycles. The van der Waals surface area contributed by atoms with Crippen LogP contribution in [-0.2, 0) is 0 Å². The molecule has 18 heavy (non-hydrogen) atoms. The second kappa shape index (κ2) is 5.23. The number of benzene rings is 2. The van der Waals surface area contributed by atoms with Crippen molar-refractivity contribution in [2.75, 3.05) is 0 Å². The van der Waals surface area contributed by atoms with E-state index >= 15 is 0 Å². The van der Waals surface area contributed by atoms with Crippen LogP contribution in [0.1, 0.15) is 12.0 Å². The van der Waals surface area contributed by atoms with Crippen molar-refractivity contribution in [1.29, 1.82) is 0 Å². The molecule has 0 amide bonds. The zero-order valence-corrected chi connectivity index (χ0v) is 9.86. The highest BCUT2D eigenvalue weighted by molar-refractivity contribution is 6.31. The summed E-state index contributed by atoms with van der Waals surface area (Å²) < 4.78 is 30.6. The van der Waals surface area contributed by atoms with Crippen LogP contribution in [0.2, 0.25) is 5.02 Å².